The van der Waals surface area contributed by atoms with E-state index in [-0.39, 0.29) is 12.4 Å². The van der Waals surface area contributed by atoms with Crippen molar-refractivity contribution in [2.24, 2.45) is 10.7 Å². The Morgan fingerprint density at radius 3 is 2.85 bits per heavy atom. The molecule has 0 unspecified atom stereocenters. The zero-order valence-corrected chi connectivity index (χ0v) is 17.3. The molecule has 2 N–H and O–H groups in total. The minimum Gasteiger partial charge on any atom is -0.496 e. The Kier molecular flexibility index (Phi) is 5.48. The van der Waals surface area contributed by atoms with Crippen LogP contribution in [0.25, 0.3) is 0 Å². The molecule has 9 heteroatoms. The maximum Gasteiger partial charge on any atom is 0.338 e. The Balaban J connectivity index is 2.19. The molecule has 0 spiro atoms. The summed E-state index contributed by atoms with van der Waals surface area (Å²) in [6.45, 7) is 3.75. The highest BCUT2D eigenvalue weighted by Gasteiger charge is 2.42. The number of allylic oxidation sites excluding steroid dienone is 2. The van der Waals surface area contributed by atoms with Crippen LogP contribution in [-0.4, -0.2) is 29.8 Å². The number of benzene rings is 1. The van der Waals surface area contributed by atoms with E-state index in [1.807, 2.05) is 12.1 Å². The minimum atomic E-state index is -0.558. The van der Waals surface area contributed by atoms with Gasteiger partial charge in [0.2, 0.25) is 0 Å². The van der Waals surface area contributed by atoms with E-state index in [0.717, 1.165) is 10.0 Å². The summed E-state index contributed by atoms with van der Waals surface area (Å²) in [5.74, 6) is 0.476. The van der Waals surface area contributed by atoms with Crippen LogP contribution in [0.4, 0.5) is 0 Å². The lowest BCUT2D eigenvalue weighted by atomic mass is 9.94. The molecule has 140 valence electrons. The van der Waals surface area contributed by atoms with Crippen LogP contribution in [0.3, 0.4) is 0 Å². The van der Waals surface area contributed by atoms with Crippen molar-refractivity contribution in [3.8, 4) is 11.8 Å². The number of aliphatic imine (C=N–C) groups is 1. The van der Waals surface area contributed by atoms with Crippen molar-refractivity contribution >= 4 is 38.8 Å². The molecule has 0 bridgehead atoms. The zero-order valence-electron chi connectivity index (χ0n) is 14.9. The van der Waals surface area contributed by atoms with Gasteiger partial charge in [-0.2, -0.15) is 5.26 Å². The van der Waals surface area contributed by atoms with Crippen molar-refractivity contribution in [1.82, 2.24) is 4.90 Å². The molecule has 2 aliphatic rings. The molecule has 2 aliphatic heterocycles. The SMILES string of the molecule is CCOC(=O)C1=C(C)N=C2SC(C#N)=C(N)N2[C@@H]1c1ccc(OC)c(Br)c1. The number of ether oxygens (including phenoxy) is 2. The molecule has 0 fully saturated rings. The molecule has 2 heterocycles. The quantitative estimate of drug-likeness (QED) is 0.703. The lowest BCUT2D eigenvalue weighted by molar-refractivity contribution is -0.139. The van der Waals surface area contributed by atoms with Gasteiger partial charge in [0.25, 0.3) is 0 Å². The maximum atomic E-state index is 12.7. The number of hydrogen-bond acceptors (Lipinski definition) is 8. The van der Waals surface area contributed by atoms with Gasteiger partial charge in [-0.05, 0) is 59.2 Å². The highest BCUT2D eigenvalue weighted by atomic mass is 79.9. The summed E-state index contributed by atoms with van der Waals surface area (Å²) in [7, 11) is 1.58. The van der Waals surface area contributed by atoms with Crippen LogP contribution in [0.5, 0.6) is 5.75 Å². The summed E-state index contributed by atoms with van der Waals surface area (Å²) < 4.78 is 11.3. The van der Waals surface area contributed by atoms with E-state index in [4.69, 9.17) is 15.2 Å². The summed E-state index contributed by atoms with van der Waals surface area (Å²) >= 11 is 4.67. The second-order valence-corrected chi connectivity index (χ2v) is 7.54. The zero-order chi connectivity index (χ0) is 19.7. The van der Waals surface area contributed by atoms with Crippen molar-refractivity contribution in [2.75, 3.05) is 13.7 Å². The molecular formula is C18H17BrN4O3S. The average Bonchev–Trinajstić information content (AvgIpc) is 2.96. The van der Waals surface area contributed by atoms with Crippen LogP contribution < -0.4 is 10.5 Å². The van der Waals surface area contributed by atoms with Gasteiger partial charge in [0.15, 0.2) is 5.17 Å². The second-order valence-electron chi connectivity index (χ2n) is 5.71. The lowest BCUT2D eigenvalue weighted by Crippen LogP contribution is -2.38. The molecule has 0 saturated carbocycles. The standard InChI is InChI=1S/C18H17BrN4O3S/c1-4-26-17(24)14-9(2)22-18-23(16(21)13(8-20)27-18)15(14)10-5-6-12(25-3)11(19)7-10/h5-7,15H,4,21H2,1-3H3/t15-/m1/s1. The molecule has 1 atom stereocenters. The van der Waals surface area contributed by atoms with Gasteiger partial charge in [-0.15, -0.1) is 0 Å². The number of carbonyl (C=O) groups is 1. The maximum absolute atomic E-state index is 12.7. The normalized spacial score (nSPS) is 18.9. The number of thioether (sulfide) groups is 1. The number of nitrogens with zero attached hydrogens (tertiary/aromatic N) is 3. The fraction of sp³-hybridized carbons (Fsp3) is 0.278. The molecular weight excluding hydrogens is 432 g/mol. The monoisotopic (exact) mass is 448 g/mol. The summed E-state index contributed by atoms with van der Waals surface area (Å²) in [5, 5.41) is 9.92. The van der Waals surface area contributed by atoms with E-state index < -0.39 is 12.0 Å². The summed E-state index contributed by atoms with van der Waals surface area (Å²) in [6, 6.07) is 7.05. The average molecular weight is 449 g/mol. The molecule has 0 saturated heterocycles. The Hall–Kier alpha value is -2.44. The first kappa shape index (κ1) is 19.3. The second kappa shape index (κ2) is 7.66. The van der Waals surface area contributed by atoms with Crippen molar-refractivity contribution in [3.05, 3.63) is 50.2 Å². The third kappa shape index (κ3) is 3.31. The third-order valence-corrected chi connectivity index (χ3v) is 5.76. The first-order valence-electron chi connectivity index (χ1n) is 8.09. The number of halogens is 1. The van der Waals surface area contributed by atoms with Crippen LogP contribution in [0.1, 0.15) is 25.5 Å². The summed E-state index contributed by atoms with van der Waals surface area (Å²) in [6.07, 6.45) is 0. The molecule has 3 rings (SSSR count). The Labute approximate surface area is 169 Å². The lowest BCUT2D eigenvalue weighted by Gasteiger charge is -2.35. The highest BCUT2D eigenvalue weighted by Crippen LogP contribution is 2.46. The van der Waals surface area contributed by atoms with Gasteiger partial charge in [0, 0.05) is 0 Å². The summed E-state index contributed by atoms with van der Waals surface area (Å²) in [4.78, 5) is 19.2. The fourth-order valence-corrected chi connectivity index (χ4v) is 4.45. The van der Waals surface area contributed by atoms with Gasteiger partial charge in [-0.1, -0.05) is 6.07 Å². The van der Waals surface area contributed by atoms with Gasteiger partial charge in [0.1, 0.15) is 22.5 Å². The molecule has 1 aromatic carbocycles. The van der Waals surface area contributed by atoms with E-state index in [1.165, 1.54) is 11.8 Å². The van der Waals surface area contributed by atoms with Gasteiger partial charge in [-0.3, -0.25) is 4.90 Å². The number of esters is 1. The first-order valence-corrected chi connectivity index (χ1v) is 9.70. The smallest absolute Gasteiger partial charge is 0.338 e. The van der Waals surface area contributed by atoms with Crippen LogP contribution >= 0.6 is 27.7 Å². The molecule has 0 aromatic heterocycles. The topological polar surface area (TPSA) is 101 Å². The first-order chi connectivity index (χ1) is 12.9. The number of fused-ring (bicyclic) bond motifs is 1. The number of carbonyl (C=O) groups excluding carboxylic acids is 1. The van der Waals surface area contributed by atoms with E-state index in [1.54, 1.807) is 31.9 Å². The van der Waals surface area contributed by atoms with Crippen molar-refractivity contribution in [2.45, 2.75) is 19.9 Å². The Morgan fingerprint density at radius 1 is 1.52 bits per heavy atom. The molecule has 1 aromatic rings. The fourth-order valence-electron chi connectivity index (χ4n) is 2.98. The van der Waals surface area contributed by atoms with Crippen LogP contribution in [0.2, 0.25) is 0 Å². The van der Waals surface area contributed by atoms with E-state index >= 15 is 0 Å². The van der Waals surface area contributed by atoms with E-state index in [9.17, 15) is 10.1 Å². The van der Waals surface area contributed by atoms with Crippen LogP contribution in [-0.2, 0) is 9.53 Å². The van der Waals surface area contributed by atoms with Gasteiger partial charge >= 0.3 is 5.97 Å². The molecule has 0 aliphatic carbocycles. The Bertz CT molecular complexity index is 948. The predicted octanol–water partition coefficient (Wildman–Crippen LogP) is 3.41. The minimum absolute atomic E-state index is 0.245. The highest BCUT2D eigenvalue weighted by molar-refractivity contribution is 9.10. The number of nitrogens with two attached hydrogens (primary N) is 1. The number of hydrogen-bond donors (Lipinski definition) is 1. The molecule has 0 amide bonds. The number of methoxy groups -OCH3 is 1. The molecule has 27 heavy (non-hydrogen) atoms. The largest absolute Gasteiger partial charge is 0.496 e. The van der Waals surface area contributed by atoms with E-state index in [0.29, 0.717) is 27.1 Å². The van der Waals surface area contributed by atoms with Crippen molar-refractivity contribution < 1.29 is 14.3 Å². The van der Waals surface area contributed by atoms with Gasteiger partial charge < -0.3 is 15.2 Å². The van der Waals surface area contributed by atoms with Crippen LogP contribution in [0.15, 0.2) is 49.7 Å². The third-order valence-electron chi connectivity index (χ3n) is 4.16. The van der Waals surface area contributed by atoms with Crippen LogP contribution in [0, 0.1) is 11.3 Å². The van der Waals surface area contributed by atoms with Gasteiger partial charge in [-0.25, -0.2) is 9.79 Å². The van der Waals surface area contributed by atoms with Crippen molar-refractivity contribution in [3.63, 3.8) is 0 Å². The van der Waals surface area contributed by atoms with E-state index in [2.05, 4.69) is 27.0 Å². The summed E-state index contributed by atoms with van der Waals surface area (Å²) in [5.41, 5.74) is 7.94. The molecule has 7 nitrogen and oxygen atoms in total. The number of rotatable bonds is 4. The molecule has 0 radical (unpaired) electrons. The Morgan fingerprint density at radius 2 is 2.26 bits per heavy atom. The number of amidine groups is 1. The van der Waals surface area contributed by atoms with Gasteiger partial charge in [0.05, 0.1) is 35.5 Å². The predicted molar refractivity (Wildman–Crippen MR) is 106 cm³/mol. The van der Waals surface area contributed by atoms with Crippen molar-refractivity contribution in [1.29, 1.82) is 5.26 Å². The number of nitriles is 1.